The molecule has 0 spiro atoms. The molecule has 2 aromatic rings. The van der Waals surface area contributed by atoms with Crippen LogP contribution >= 0.6 is 0 Å². The molecule has 0 aliphatic heterocycles. The second kappa shape index (κ2) is 9.93. The Labute approximate surface area is 147 Å². The summed E-state index contributed by atoms with van der Waals surface area (Å²) in [6, 6.07) is 16.6. The first-order chi connectivity index (χ1) is 12.2. The molecule has 0 heterocycles. The molecule has 0 bridgehead atoms. The van der Waals surface area contributed by atoms with Gasteiger partial charge in [0.1, 0.15) is 18.9 Å². The molecule has 0 aliphatic rings. The number of carbonyl (C=O) groups is 2. The molecular weight excluding hydrogens is 318 g/mol. The van der Waals surface area contributed by atoms with Gasteiger partial charge in [0.15, 0.2) is 0 Å². The van der Waals surface area contributed by atoms with Crippen LogP contribution < -0.4 is 10.1 Å². The summed E-state index contributed by atoms with van der Waals surface area (Å²) in [5.74, 6) is -0.387. The molecule has 2 rings (SSSR count). The van der Waals surface area contributed by atoms with E-state index in [4.69, 9.17) is 9.47 Å². The predicted octanol–water partition coefficient (Wildman–Crippen LogP) is 3.07. The Hall–Kier alpha value is -3.08. The Kier molecular flexibility index (Phi) is 7.25. The van der Waals surface area contributed by atoms with Gasteiger partial charge in [-0.15, -0.1) is 0 Å². The first-order valence-corrected chi connectivity index (χ1v) is 8.08. The SMILES string of the molecule is CCOc1ccccc1C(=O)NCC(=O)OC/C=C/c1ccccc1. The smallest absolute Gasteiger partial charge is 0.325 e. The van der Waals surface area contributed by atoms with E-state index in [1.807, 2.05) is 43.3 Å². The predicted molar refractivity (Wildman–Crippen MR) is 96.4 cm³/mol. The van der Waals surface area contributed by atoms with E-state index in [1.54, 1.807) is 30.3 Å². The summed E-state index contributed by atoms with van der Waals surface area (Å²) in [6.07, 6.45) is 3.61. The van der Waals surface area contributed by atoms with E-state index in [0.717, 1.165) is 5.56 Å². The van der Waals surface area contributed by atoms with Crippen molar-refractivity contribution in [2.75, 3.05) is 19.8 Å². The zero-order valence-corrected chi connectivity index (χ0v) is 14.1. The number of benzene rings is 2. The lowest BCUT2D eigenvalue weighted by atomic mass is 10.2. The molecule has 1 amide bonds. The van der Waals surface area contributed by atoms with Gasteiger partial charge in [-0.05, 0) is 30.7 Å². The Balaban J connectivity index is 1.76. The zero-order valence-electron chi connectivity index (χ0n) is 14.1. The summed E-state index contributed by atoms with van der Waals surface area (Å²) in [5, 5.41) is 2.54. The Morgan fingerprint density at radius 1 is 1.04 bits per heavy atom. The summed E-state index contributed by atoms with van der Waals surface area (Å²) in [4.78, 5) is 23.8. The van der Waals surface area contributed by atoms with Gasteiger partial charge in [0, 0.05) is 0 Å². The molecule has 0 fully saturated rings. The van der Waals surface area contributed by atoms with Gasteiger partial charge in [0.25, 0.3) is 5.91 Å². The summed E-state index contributed by atoms with van der Waals surface area (Å²) in [6.45, 7) is 2.26. The fraction of sp³-hybridized carbons (Fsp3) is 0.200. The molecule has 0 aromatic heterocycles. The summed E-state index contributed by atoms with van der Waals surface area (Å²) < 4.78 is 10.5. The van der Waals surface area contributed by atoms with Crippen molar-refractivity contribution in [2.24, 2.45) is 0 Å². The van der Waals surface area contributed by atoms with Gasteiger partial charge in [-0.3, -0.25) is 9.59 Å². The fourth-order valence-electron chi connectivity index (χ4n) is 2.12. The van der Waals surface area contributed by atoms with Gasteiger partial charge in [0.2, 0.25) is 0 Å². The monoisotopic (exact) mass is 339 g/mol. The van der Waals surface area contributed by atoms with Crippen molar-refractivity contribution >= 4 is 18.0 Å². The van der Waals surface area contributed by atoms with Gasteiger partial charge in [-0.2, -0.15) is 0 Å². The number of hydrogen-bond acceptors (Lipinski definition) is 4. The standard InChI is InChI=1S/C20H21NO4/c1-2-24-18-13-7-6-12-17(18)20(23)21-15-19(22)25-14-8-11-16-9-4-3-5-10-16/h3-13H,2,14-15H2,1H3,(H,21,23)/b11-8+. The second-order valence-corrected chi connectivity index (χ2v) is 5.11. The second-order valence-electron chi connectivity index (χ2n) is 5.11. The van der Waals surface area contributed by atoms with Gasteiger partial charge in [0.05, 0.1) is 12.2 Å². The van der Waals surface area contributed by atoms with E-state index in [0.29, 0.717) is 17.9 Å². The number of rotatable bonds is 8. The van der Waals surface area contributed by atoms with Gasteiger partial charge in [-0.25, -0.2) is 0 Å². The van der Waals surface area contributed by atoms with E-state index in [9.17, 15) is 9.59 Å². The van der Waals surface area contributed by atoms with Crippen LogP contribution in [0.2, 0.25) is 0 Å². The van der Waals surface area contributed by atoms with Crippen molar-refractivity contribution in [1.82, 2.24) is 5.32 Å². The van der Waals surface area contributed by atoms with Crippen molar-refractivity contribution in [2.45, 2.75) is 6.92 Å². The average molecular weight is 339 g/mol. The maximum Gasteiger partial charge on any atom is 0.325 e. The summed E-state index contributed by atoms with van der Waals surface area (Å²) in [7, 11) is 0. The lowest BCUT2D eigenvalue weighted by Gasteiger charge is -2.10. The number of para-hydroxylation sites is 1. The lowest BCUT2D eigenvalue weighted by molar-refractivity contribution is -0.141. The minimum absolute atomic E-state index is 0.152. The van der Waals surface area contributed by atoms with Crippen molar-refractivity contribution < 1.29 is 19.1 Å². The Morgan fingerprint density at radius 2 is 1.76 bits per heavy atom. The number of carbonyl (C=O) groups excluding carboxylic acids is 2. The molecule has 0 aliphatic carbocycles. The molecule has 5 nitrogen and oxygen atoms in total. The molecule has 5 heteroatoms. The number of amides is 1. The van der Waals surface area contributed by atoms with Crippen LogP contribution in [0.15, 0.2) is 60.7 Å². The first kappa shape index (κ1) is 18.3. The quantitative estimate of drug-likeness (QED) is 0.751. The van der Waals surface area contributed by atoms with Gasteiger partial charge in [-0.1, -0.05) is 48.5 Å². The fourth-order valence-corrected chi connectivity index (χ4v) is 2.12. The molecule has 1 N–H and O–H groups in total. The zero-order chi connectivity index (χ0) is 17.9. The van der Waals surface area contributed by atoms with Crippen molar-refractivity contribution in [3.05, 3.63) is 71.8 Å². The highest BCUT2D eigenvalue weighted by atomic mass is 16.5. The number of ether oxygens (including phenoxy) is 2. The van der Waals surface area contributed by atoms with Crippen molar-refractivity contribution in [3.63, 3.8) is 0 Å². The topological polar surface area (TPSA) is 64.6 Å². The van der Waals surface area contributed by atoms with Crippen LogP contribution in [0.5, 0.6) is 5.75 Å². The van der Waals surface area contributed by atoms with Crippen LogP contribution in [0.3, 0.4) is 0 Å². The van der Waals surface area contributed by atoms with Gasteiger partial charge < -0.3 is 14.8 Å². The third-order valence-electron chi connectivity index (χ3n) is 3.28. The largest absolute Gasteiger partial charge is 0.493 e. The van der Waals surface area contributed by atoms with Crippen LogP contribution in [0.4, 0.5) is 0 Å². The molecule has 25 heavy (non-hydrogen) atoms. The van der Waals surface area contributed by atoms with Crippen LogP contribution in [-0.2, 0) is 9.53 Å². The van der Waals surface area contributed by atoms with E-state index in [-0.39, 0.29) is 19.1 Å². The third-order valence-corrected chi connectivity index (χ3v) is 3.28. The van der Waals surface area contributed by atoms with E-state index in [2.05, 4.69) is 5.32 Å². The summed E-state index contributed by atoms with van der Waals surface area (Å²) in [5.41, 5.74) is 1.42. The summed E-state index contributed by atoms with van der Waals surface area (Å²) >= 11 is 0. The molecule has 0 atom stereocenters. The maximum atomic E-state index is 12.1. The Bertz CT molecular complexity index is 725. The molecular formula is C20H21NO4. The van der Waals surface area contributed by atoms with E-state index >= 15 is 0 Å². The minimum Gasteiger partial charge on any atom is -0.493 e. The molecule has 2 aromatic carbocycles. The number of hydrogen-bond donors (Lipinski definition) is 1. The molecule has 0 saturated carbocycles. The van der Waals surface area contributed by atoms with E-state index < -0.39 is 5.97 Å². The molecule has 0 saturated heterocycles. The van der Waals surface area contributed by atoms with Crippen LogP contribution in [0, 0.1) is 0 Å². The third kappa shape index (κ3) is 6.14. The normalized spacial score (nSPS) is 10.4. The molecule has 0 unspecified atom stereocenters. The number of nitrogens with one attached hydrogen (secondary N) is 1. The highest BCUT2D eigenvalue weighted by Crippen LogP contribution is 2.17. The Morgan fingerprint density at radius 3 is 2.52 bits per heavy atom. The van der Waals surface area contributed by atoms with Crippen LogP contribution in [0.25, 0.3) is 6.08 Å². The highest BCUT2D eigenvalue weighted by Gasteiger charge is 2.13. The minimum atomic E-state index is -0.500. The lowest BCUT2D eigenvalue weighted by Crippen LogP contribution is -2.31. The van der Waals surface area contributed by atoms with Crippen molar-refractivity contribution in [3.8, 4) is 5.75 Å². The average Bonchev–Trinajstić information content (AvgIpc) is 2.65. The highest BCUT2D eigenvalue weighted by molar-refractivity contribution is 5.98. The van der Waals surface area contributed by atoms with Crippen LogP contribution in [-0.4, -0.2) is 31.6 Å². The van der Waals surface area contributed by atoms with Crippen molar-refractivity contribution in [1.29, 1.82) is 0 Å². The van der Waals surface area contributed by atoms with Gasteiger partial charge >= 0.3 is 5.97 Å². The maximum absolute atomic E-state index is 12.1. The molecule has 130 valence electrons. The van der Waals surface area contributed by atoms with Crippen LogP contribution in [0.1, 0.15) is 22.8 Å². The van der Waals surface area contributed by atoms with E-state index in [1.165, 1.54) is 0 Å². The number of esters is 1. The first-order valence-electron chi connectivity index (χ1n) is 8.08. The molecule has 0 radical (unpaired) electrons.